The molecule has 0 aliphatic carbocycles. The monoisotopic (exact) mass is 446 g/mol. The summed E-state index contributed by atoms with van der Waals surface area (Å²) in [6.45, 7) is -3.80. The number of benzene rings is 2. The van der Waals surface area contributed by atoms with Gasteiger partial charge >= 0.3 is 12.6 Å². The van der Waals surface area contributed by atoms with Gasteiger partial charge in [-0.25, -0.2) is 17.9 Å². The molecular weight excluding hydrogens is 430 g/mol. The van der Waals surface area contributed by atoms with Crippen molar-refractivity contribution in [1.82, 2.24) is 4.72 Å². The summed E-state index contributed by atoms with van der Waals surface area (Å²) in [5.74, 6) is -1.64. The molecule has 0 aromatic heterocycles. The van der Waals surface area contributed by atoms with Crippen molar-refractivity contribution in [3.05, 3.63) is 57.6 Å². The predicted octanol–water partition coefficient (Wildman–Crippen LogP) is 2.47. The van der Waals surface area contributed by atoms with Crippen molar-refractivity contribution in [2.24, 2.45) is 0 Å². The number of hydrogen-bond donors (Lipinski definition) is 1. The van der Waals surface area contributed by atoms with Crippen molar-refractivity contribution in [1.29, 1.82) is 0 Å². The number of halogens is 2. The van der Waals surface area contributed by atoms with E-state index in [0.717, 1.165) is 19.2 Å². The SMILES string of the molecule is CNS(=O)(=O)c1ccc(C(=O)OCc2cc(OC)c(OC(F)F)cc2[N+](=O)[O-])cc1. The predicted molar refractivity (Wildman–Crippen MR) is 98.1 cm³/mol. The number of hydrogen-bond acceptors (Lipinski definition) is 8. The highest BCUT2D eigenvalue weighted by atomic mass is 32.2. The Morgan fingerprint density at radius 2 is 1.83 bits per heavy atom. The van der Waals surface area contributed by atoms with Crippen molar-refractivity contribution in [3.63, 3.8) is 0 Å². The van der Waals surface area contributed by atoms with Crippen LogP contribution in [-0.2, 0) is 21.4 Å². The fraction of sp³-hybridized carbons (Fsp3) is 0.235. The summed E-state index contributed by atoms with van der Waals surface area (Å²) >= 11 is 0. The highest BCUT2D eigenvalue weighted by molar-refractivity contribution is 7.89. The summed E-state index contributed by atoms with van der Waals surface area (Å²) < 4.78 is 64.6. The van der Waals surface area contributed by atoms with Gasteiger partial charge < -0.3 is 14.2 Å². The van der Waals surface area contributed by atoms with Gasteiger partial charge in [-0.05, 0) is 37.4 Å². The average Bonchev–Trinajstić information content (AvgIpc) is 2.71. The molecule has 2 aromatic carbocycles. The third kappa shape index (κ3) is 5.39. The van der Waals surface area contributed by atoms with E-state index in [1.165, 1.54) is 31.3 Å². The molecule has 0 heterocycles. The number of nitrogens with one attached hydrogen (secondary N) is 1. The van der Waals surface area contributed by atoms with E-state index in [1.807, 2.05) is 0 Å². The van der Waals surface area contributed by atoms with Crippen LogP contribution in [0.2, 0.25) is 0 Å². The minimum Gasteiger partial charge on any atom is -0.493 e. The molecule has 0 saturated carbocycles. The number of alkyl halides is 2. The van der Waals surface area contributed by atoms with Crippen LogP contribution in [0.15, 0.2) is 41.3 Å². The van der Waals surface area contributed by atoms with Crippen molar-refractivity contribution in [2.45, 2.75) is 18.1 Å². The Balaban J connectivity index is 2.23. The second-order valence-electron chi connectivity index (χ2n) is 5.58. The zero-order valence-corrected chi connectivity index (χ0v) is 16.4. The van der Waals surface area contributed by atoms with Crippen LogP contribution in [0.25, 0.3) is 0 Å². The number of nitro benzene ring substituents is 1. The van der Waals surface area contributed by atoms with Gasteiger partial charge in [0.1, 0.15) is 6.61 Å². The topological polar surface area (TPSA) is 134 Å². The molecule has 0 aliphatic heterocycles. The van der Waals surface area contributed by atoms with Crippen LogP contribution in [0.3, 0.4) is 0 Å². The van der Waals surface area contributed by atoms with Crippen LogP contribution in [0.1, 0.15) is 15.9 Å². The third-order valence-electron chi connectivity index (χ3n) is 3.81. The standard InChI is InChI=1S/C17H16F2N2O8S/c1-20-30(25,26)12-5-3-10(4-6-12)16(22)28-9-11-7-14(27-2)15(29-17(18)19)8-13(11)21(23)24/h3-8,17,20H,9H2,1-2H3. The number of nitro groups is 1. The summed E-state index contributed by atoms with van der Waals surface area (Å²) in [4.78, 5) is 22.5. The van der Waals surface area contributed by atoms with Gasteiger partial charge in [0.2, 0.25) is 10.0 Å². The molecule has 0 radical (unpaired) electrons. The van der Waals surface area contributed by atoms with Crippen molar-refractivity contribution in [2.75, 3.05) is 14.2 Å². The van der Waals surface area contributed by atoms with Crippen molar-refractivity contribution in [3.8, 4) is 11.5 Å². The lowest BCUT2D eigenvalue weighted by Gasteiger charge is -2.12. The molecule has 13 heteroatoms. The van der Waals surface area contributed by atoms with Crippen molar-refractivity contribution < 1.29 is 41.1 Å². The molecule has 162 valence electrons. The molecule has 2 rings (SSSR count). The molecule has 1 N–H and O–H groups in total. The first-order valence-electron chi connectivity index (χ1n) is 8.10. The minimum absolute atomic E-state index is 0.00248. The van der Waals surface area contributed by atoms with Crippen LogP contribution in [-0.4, -0.2) is 40.1 Å². The first-order valence-corrected chi connectivity index (χ1v) is 9.58. The van der Waals surface area contributed by atoms with Gasteiger partial charge in [0, 0.05) is 0 Å². The lowest BCUT2D eigenvalue weighted by molar-refractivity contribution is -0.386. The first kappa shape index (κ1) is 23.0. The van der Waals surface area contributed by atoms with Gasteiger partial charge in [-0.1, -0.05) is 0 Å². The van der Waals surface area contributed by atoms with Gasteiger partial charge in [0.25, 0.3) is 5.69 Å². The largest absolute Gasteiger partial charge is 0.493 e. The van der Waals surface area contributed by atoms with Gasteiger partial charge in [0.05, 0.1) is 34.1 Å². The summed E-state index contributed by atoms with van der Waals surface area (Å²) in [5, 5.41) is 11.3. The van der Waals surface area contributed by atoms with E-state index in [2.05, 4.69) is 9.46 Å². The second kappa shape index (κ2) is 9.45. The number of sulfonamides is 1. The Labute approximate surface area is 169 Å². The number of ether oxygens (including phenoxy) is 3. The van der Waals surface area contributed by atoms with Crippen molar-refractivity contribution >= 4 is 21.7 Å². The highest BCUT2D eigenvalue weighted by Gasteiger charge is 2.23. The summed E-state index contributed by atoms with van der Waals surface area (Å²) in [7, 11) is -1.31. The molecule has 0 saturated heterocycles. The maximum absolute atomic E-state index is 12.5. The normalized spacial score (nSPS) is 11.2. The second-order valence-corrected chi connectivity index (χ2v) is 7.46. The van der Waals surface area contributed by atoms with Gasteiger partial charge in [0.15, 0.2) is 11.5 Å². The Morgan fingerprint density at radius 1 is 1.20 bits per heavy atom. The Hall–Kier alpha value is -3.32. The average molecular weight is 446 g/mol. The number of carbonyl (C=O) groups is 1. The van der Waals surface area contributed by atoms with Crippen LogP contribution in [0.5, 0.6) is 11.5 Å². The Bertz CT molecular complexity index is 1040. The molecule has 0 unspecified atom stereocenters. The van der Waals surface area contributed by atoms with Gasteiger partial charge in [-0.3, -0.25) is 10.1 Å². The van der Waals surface area contributed by atoms with Crippen LogP contribution in [0, 0.1) is 10.1 Å². The van der Waals surface area contributed by atoms with E-state index < -0.39 is 45.6 Å². The molecule has 10 nitrogen and oxygen atoms in total. The summed E-state index contributed by atoms with van der Waals surface area (Å²) in [6, 6.07) is 6.58. The van der Waals surface area contributed by atoms with Gasteiger partial charge in [-0.15, -0.1) is 0 Å². The van der Waals surface area contributed by atoms with E-state index in [-0.39, 0.29) is 21.8 Å². The van der Waals surface area contributed by atoms with Crippen LogP contribution in [0.4, 0.5) is 14.5 Å². The molecule has 0 fully saturated rings. The molecule has 0 aliphatic rings. The molecule has 2 aromatic rings. The zero-order chi connectivity index (χ0) is 22.5. The highest BCUT2D eigenvalue weighted by Crippen LogP contribution is 2.36. The first-order chi connectivity index (χ1) is 14.1. The Morgan fingerprint density at radius 3 is 2.33 bits per heavy atom. The number of nitrogens with zero attached hydrogens (tertiary/aromatic N) is 1. The molecular formula is C17H16F2N2O8S. The molecule has 0 spiro atoms. The quantitative estimate of drug-likeness (QED) is 0.353. The maximum Gasteiger partial charge on any atom is 0.387 e. The third-order valence-corrected chi connectivity index (χ3v) is 5.24. The number of methoxy groups -OCH3 is 1. The summed E-state index contributed by atoms with van der Waals surface area (Å²) in [6.07, 6.45) is 0. The number of carbonyl (C=O) groups excluding carboxylic acids is 1. The molecule has 0 bridgehead atoms. The molecule has 0 atom stereocenters. The summed E-state index contributed by atoms with van der Waals surface area (Å²) in [5.41, 5.74) is -0.742. The fourth-order valence-electron chi connectivity index (χ4n) is 2.34. The lowest BCUT2D eigenvalue weighted by atomic mass is 10.1. The zero-order valence-electron chi connectivity index (χ0n) is 15.6. The smallest absolute Gasteiger partial charge is 0.387 e. The van der Waals surface area contributed by atoms with Crippen LogP contribution >= 0.6 is 0 Å². The van der Waals surface area contributed by atoms with E-state index in [9.17, 15) is 32.1 Å². The molecule has 30 heavy (non-hydrogen) atoms. The lowest BCUT2D eigenvalue weighted by Crippen LogP contribution is -2.18. The van der Waals surface area contributed by atoms with Crippen LogP contribution < -0.4 is 14.2 Å². The number of esters is 1. The fourth-order valence-corrected chi connectivity index (χ4v) is 3.07. The molecule has 0 amide bonds. The van der Waals surface area contributed by atoms with E-state index in [0.29, 0.717) is 0 Å². The Kier molecular flexibility index (Phi) is 7.24. The maximum atomic E-state index is 12.5. The minimum atomic E-state index is -3.69. The number of rotatable bonds is 9. The van der Waals surface area contributed by atoms with E-state index >= 15 is 0 Å². The van der Waals surface area contributed by atoms with Gasteiger partial charge in [-0.2, -0.15) is 8.78 Å². The van der Waals surface area contributed by atoms with E-state index in [4.69, 9.17) is 9.47 Å². The van der Waals surface area contributed by atoms with E-state index in [1.54, 1.807) is 0 Å².